The number of aromatic nitrogens is 1. The van der Waals surface area contributed by atoms with Crippen molar-refractivity contribution in [2.45, 2.75) is 56.4 Å². The first-order valence-corrected chi connectivity index (χ1v) is 14.0. The lowest BCUT2D eigenvalue weighted by molar-refractivity contribution is 0.258. The Hall–Kier alpha value is -2.71. The second kappa shape index (κ2) is 10.5. The first kappa shape index (κ1) is 25.4. The second-order valence-corrected chi connectivity index (χ2v) is 11.1. The molecule has 8 heteroatoms. The zero-order valence-electron chi connectivity index (χ0n) is 20.8. The molecule has 1 fully saturated rings. The first-order valence-electron chi connectivity index (χ1n) is 12.5. The number of pyridine rings is 1. The van der Waals surface area contributed by atoms with Crippen LogP contribution in [0.5, 0.6) is 0 Å². The highest BCUT2D eigenvalue weighted by Gasteiger charge is 2.26. The number of piperazine rings is 1. The Bertz CT molecular complexity index is 1360. The Balaban J connectivity index is 1.80. The number of fused-ring (bicyclic) bond motifs is 1. The van der Waals surface area contributed by atoms with Crippen LogP contribution in [0.1, 0.15) is 39.2 Å². The average Bonchev–Trinajstić information content (AvgIpc) is 2.86. The molecule has 0 radical (unpaired) electrons. The lowest BCUT2D eigenvalue weighted by atomic mass is 10.1. The van der Waals surface area contributed by atoms with E-state index < -0.39 is 21.1 Å². The number of rotatable bonds is 8. The topological polar surface area (TPSA) is 62.6 Å². The number of halogens is 1. The van der Waals surface area contributed by atoms with Crippen LogP contribution in [0.3, 0.4) is 0 Å². The fourth-order valence-electron chi connectivity index (χ4n) is 4.79. The number of anilines is 1. The third-order valence-corrected chi connectivity index (χ3v) is 8.53. The molecule has 0 saturated carbocycles. The third-order valence-electron chi connectivity index (χ3n) is 6.76. The van der Waals surface area contributed by atoms with Gasteiger partial charge in [0.15, 0.2) is 0 Å². The molecule has 2 heterocycles. The highest BCUT2D eigenvalue weighted by Crippen LogP contribution is 2.28. The quantitative estimate of drug-likeness (QED) is 0.457. The monoisotopic (exact) mass is 499 g/mol. The van der Waals surface area contributed by atoms with Gasteiger partial charge in [0.25, 0.3) is 0 Å². The van der Waals surface area contributed by atoms with Crippen molar-refractivity contribution in [1.82, 2.24) is 9.47 Å². The fourth-order valence-corrected chi connectivity index (χ4v) is 6.16. The van der Waals surface area contributed by atoms with Gasteiger partial charge >= 0.3 is 0 Å². The van der Waals surface area contributed by atoms with E-state index in [1.54, 1.807) is 22.8 Å². The van der Waals surface area contributed by atoms with Crippen LogP contribution in [0.15, 0.2) is 57.2 Å². The van der Waals surface area contributed by atoms with Gasteiger partial charge in [0.2, 0.25) is 15.3 Å². The summed E-state index contributed by atoms with van der Waals surface area (Å²) in [7, 11) is -4.05. The van der Waals surface area contributed by atoms with Gasteiger partial charge in [-0.05, 0) is 55.6 Å². The van der Waals surface area contributed by atoms with Crippen LogP contribution in [0, 0.1) is 5.82 Å². The summed E-state index contributed by atoms with van der Waals surface area (Å²) in [5, 5.41) is 0.0931. The summed E-state index contributed by atoms with van der Waals surface area (Å²) in [6, 6.07) is 9.50. The van der Waals surface area contributed by atoms with Crippen molar-refractivity contribution in [2.75, 3.05) is 37.6 Å². The highest BCUT2D eigenvalue weighted by molar-refractivity contribution is 7.91. The minimum Gasteiger partial charge on any atom is -0.367 e. The Morgan fingerprint density at radius 3 is 2.17 bits per heavy atom. The van der Waals surface area contributed by atoms with E-state index in [9.17, 15) is 13.2 Å². The lowest BCUT2D eigenvalue weighted by Crippen LogP contribution is -2.46. The standard InChI is InChI=1S/C27H34FN3O3S/c1-4-11-29-13-15-30(16-14-29)25-18-24-22(17-23(25)28)27(32)26(19-31(24)12-5-2)35(33,34)21-9-7-20(6-3)8-10-21/h7-10,17-19H,4-6,11-16H2,1-3H3. The van der Waals surface area contributed by atoms with E-state index in [4.69, 9.17) is 0 Å². The predicted octanol–water partition coefficient (Wildman–Crippen LogP) is 4.48. The SMILES string of the molecule is CCCN1CCN(c2cc3c(cc2F)c(=O)c(S(=O)(=O)c2ccc(CC)cc2)cn3CCC)CC1. The number of aryl methyl sites for hydroxylation is 2. The summed E-state index contributed by atoms with van der Waals surface area (Å²) in [5.41, 5.74) is 1.37. The number of hydrogen-bond donors (Lipinski definition) is 0. The molecule has 0 N–H and O–H groups in total. The molecule has 4 rings (SSSR count). The van der Waals surface area contributed by atoms with E-state index in [1.165, 1.54) is 24.4 Å². The number of sulfone groups is 1. The third kappa shape index (κ3) is 5.00. The largest absolute Gasteiger partial charge is 0.367 e. The van der Waals surface area contributed by atoms with Crippen molar-refractivity contribution < 1.29 is 12.8 Å². The molecule has 0 aliphatic carbocycles. The maximum atomic E-state index is 15.3. The molecular formula is C27H34FN3O3S. The summed E-state index contributed by atoms with van der Waals surface area (Å²) in [5.74, 6) is -0.497. The van der Waals surface area contributed by atoms with Gasteiger partial charge in [0.1, 0.15) is 10.7 Å². The normalized spacial score (nSPS) is 15.1. The summed E-state index contributed by atoms with van der Waals surface area (Å²) in [4.78, 5) is 17.5. The van der Waals surface area contributed by atoms with Gasteiger partial charge in [-0.15, -0.1) is 0 Å². The summed E-state index contributed by atoms with van der Waals surface area (Å²) in [6.45, 7) is 10.8. The molecular weight excluding hydrogens is 465 g/mol. The molecule has 6 nitrogen and oxygen atoms in total. The van der Waals surface area contributed by atoms with E-state index >= 15 is 4.39 Å². The zero-order valence-corrected chi connectivity index (χ0v) is 21.6. The maximum absolute atomic E-state index is 15.3. The molecule has 0 bridgehead atoms. The molecule has 0 spiro atoms. The lowest BCUT2D eigenvalue weighted by Gasteiger charge is -2.36. The van der Waals surface area contributed by atoms with E-state index in [-0.39, 0.29) is 15.2 Å². The van der Waals surface area contributed by atoms with E-state index in [0.29, 0.717) is 30.8 Å². The molecule has 3 aromatic rings. The van der Waals surface area contributed by atoms with Gasteiger partial charge < -0.3 is 9.47 Å². The zero-order chi connectivity index (χ0) is 25.2. The van der Waals surface area contributed by atoms with Crippen LogP contribution in [0.2, 0.25) is 0 Å². The van der Waals surface area contributed by atoms with Gasteiger partial charge in [0, 0.05) is 38.9 Å². The summed E-state index contributed by atoms with van der Waals surface area (Å²) < 4.78 is 43.9. The minimum atomic E-state index is -4.05. The Morgan fingerprint density at radius 2 is 1.57 bits per heavy atom. The Kier molecular flexibility index (Phi) is 7.62. The molecule has 1 saturated heterocycles. The number of nitrogens with zero attached hydrogens (tertiary/aromatic N) is 3. The van der Waals surface area contributed by atoms with Gasteiger partial charge in [-0.1, -0.05) is 32.9 Å². The van der Waals surface area contributed by atoms with Crippen molar-refractivity contribution in [3.63, 3.8) is 0 Å². The predicted molar refractivity (Wildman–Crippen MR) is 139 cm³/mol. The highest BCUT2D eigenvalue weighted by atomic mass is 32.2. The van der Waals surface area contributed by atoms with Crippen molar-refractivity contribution >= 4 is 26.4 Å². The first-order chi connectivity index (χ1) is 16.8. The summed E-state index contributed by atoms with van der Waals surface area (Å²) in [6.07, 6.45) is 4.04. The van der Waals surface area contributed by atoms with Crippen LogP contribution in [-0.4, -0.2) is 50.6 Å². The molecule has 0 amide bonds. The number of benzene rings is 2. The van der Waals surface area contributed by atoms with Crippen LogP contribution < -0.4 is 10.3 Å². The van der Waals surface area contributed by atoms with Crippen LogP contribution in [-0.2, 0) is 22.8 Å². The van der Waals surface area contributed by atoms with Crippen molar-refractivity contribution in [2.24, 2.45) is 0 Å². The minimum absolute atomic E-state index is 0.0660. The van der Waals surface area contributed by atoms with Crippen molar-refractivity contribution in [3.8, 4) is 0 Å². The molecule has 1 aromatic heterocycles. The molecule has 1 aliphatic rings. The fraction of sp³-hybridized carbons (Fsp3) is 0.444. The van der Waals surface area contributed by atoms with Gasteiger partial charge in [0.05, 0.1) is 21.5 Å². The maximum Gasteiger partial charge on any atom is 0.211 e. The molecule has 0 atom stereocenters. The van der Waals surface area contributed by atoms with E-state index in [1.807, 2.05) is 18.7 Å². The van der Waals surface area contributed by atoms with Crippen LogP contribution in [0.4, 0.5) is 10.1 Å². The van der Waals surface area contributed by atoms with Crippen LogP contribution >= 0.6 is 0 Å². The molecule has 35 heavy (non-hydrogen) atoms. The van der Waals surface area contributed by atoms with Gasteiger partial charge in [-0.3, -0.25) is 9.69 Å². The molecule has 0 unspecified atom stereocenters. The summed E-state index contributed by atoms with van der Waals surface area (Å²) >= 11 is 0. The van der Waals surface area contributed by atoms with Gasteiger partial charge in [-0.2, -0.15) is 0 Å². The molecule has 2 aromatic carbocycles. The van der Waals surface area contributed by atoms with Crippen molar-refractivity contribution in [1.29, 1.82) is 0 Å². The van der Waals surface area contributed by atoms with Crippen LogP contribution in [0.25, 0.3) is 10.9 Å². The van der Waals surface area contributed by atoms with E-state index in [0.717, 1.165) is 44.5 Å². The molecule has 188 valence electrons. The van der Waals surface area contributed by atoms with E-state index in [2.05, 4.69) is 11.8 Å². The second-order valence-electron chi connectivity index (χ2n) is 9.17. The average molecular weight is 500 g/mol. The molecule has 1 aliphatic heterocycles. The number of hydrogen-bond acceptors (Lipinski definition) is 5. The Morgan fingerprint density at radius 1 is 0.914 bits per heavy atom. The smallest absolute Gasteiger partial charge is 0.211 e. The van der Waals surface area contributed by atoms with Crippen molar-refractivity contribution in [3.05, 3.63) is 64.2 Å². The Labute approximate surface area is 206 Å². The van der Waals surface area contributed by atoms with Gasteiger partial charge in [-0.25, -0.2) is 12.8 Å².